The molecular formula is C40H49N5O16P3+. The van der Waals surface area contributed by atoms with Gasteiger partial charge in [0.25, 0.3) is 11.5 Å². The number of fused-ring (bicyclic) bond motifs is 2. The van der Waals surface area contributed by atoms with Crippen molar-refractivity contribution in [1.29, 1.82) is 0 Å². The number of amides is 1. The van der Waals surface area contributed by atoms with Gasteiger partial charge in [0.2, 0.25) is 5.36 Å². The first-order valence-corrected chi connectivity index (χ1v) is 24.2. The Balaban J connectivity index is 1.06. The number of nitrogens with zero attached hydrogens (tertiary/aromatic N) is 3. The standard InChI is InChI=1S/C40H48N5O16P3/c1-24-11-12-25(18-32(24)36-30-15-13-27(43(2)3)19-34(30)59-35-20-28(44(4)5)14-16-31(35)36)37(47)41-17-9-7-6-8-10-26-22-45(40(49)42-38(26)48)39-33(46)21-29(58-39)23-57-63(53,54)61-64(55,56)60-62(50,51)52/h8,10-16,18-20,22,29,33,39,46H,6-7,9,17,21,23H2,1-5H3,(H5-,41,42,47,48,49,50,51,52,53,54,55,56)/p+1/b10-8+/t29-,33?,39+/m0/s1. The molecule has 1 saturated heterocycles. The number of hydrogen-bond acceptors (Lipinski definition) is 13. The molecule has 3 aliphatic rings. The summed E-state index contributed by atoms with van der Waals surface area (Å²) >= 11 is 0. The number of H-pyrrole nitrogens is 1. The van der Waals surface area contributed by atoms with Gasteiger partial charge < -0.3 is 44.1 Å². The van der Waals surface area contributed by atoms with E-state index in [4.69, 9.17) is 18.9 Å². The third-order valence-corrected chi connectivity index (χ3v) is 13.9. The zero-order valence-corrected chi connectivity index (χ0v) is 38.0. The van der Waals surface area contributed by atoms with Crippen LogP contribution in [0.5, 0.6) is 0 Å². The molecule has 0 spiro atoms. The highest BCUT2D eigenvalue weighted by atomic mass is 31.3. The van der Waals surface area contributed by atoms with Gasteiger partial charge in [0.1, 0.15) is 31.5 Å². The highest BCUT2D eigenvalue weighted by Crippen LogP contribution is 2.66. The Morgan fingerprint density at radius 2 is 1.73 bits per heavy atom. The Kier molecular flexibility index (Phi) is 15.0. The Bertz CT molecular complexity index is 2900. The smallest absolute Gasteiger partial charge is 0.456 e. The molecule has 1 fully saturated rings. The van der Waals surface area contributed by atoms with E-state index in [9.17, 15) is 43.0 Å². The summed E-state index contributed by atoms with van der Waals surface area (Å²) in [7, 11) is -8.93. The number of allylic oxidation sites excluding steroid dienone is 1. The Labute approximate surface area is 365 Å². The van der Waals surface area contributed by atoms with Crippen LogP contribution in [0.25, 0.3) is 39.5 Å². The van der Waals surface area contributed by atoms with E-state index < -0.39 is 59.8 Å². The summed E-state index contributed by atoms with van der Waals surface area (Å²) in [5.74, 6) is 0.477. The van der Waals surface area contributed by atoms with Crippen LogP contribution >= 0.6 is 23.5 Å². The number of aliphatic hydroxyl groups excluding tert-OH is 1. The van der Waals surface area contributed by atoms with Crippen LogP contribution < -0.4 is 31.4 Å². The van der Waals surface area contributed by atoms with Gasteiger partial charge in [0, 0.05) is 73.2 Å². The number of anilines is 1. The Hall–Kier alpha value is -4.85. The number of unbranched alkanes of at least 4 members (excludes halogenated alkanes) is 2. The molecule has 344 valence electrons. The third kappa shape index (κ3) is 12.1. The van der Waals surface area contributed by atoms with Crippen LogP contribution in [-0.2, 0) is 31.6 Å². The topological polar surface area (TPSA) is 293 Å². The fourth-order valence-electron chi connectivity index (χ4n) is 7.02. The minimum Gasteiger partial charge on any atom is -0.456 e. The fourth-order valence-corrected chi connectivity index (χ4v) is 10.1. The molecule has 7 N–H and O–H groups in total. The van der Waals surface area contributed by atoms with Crippen LogP contribution in [0, 0.1) is 6.92 Å². The number of aromatic amines is 1. The molecular weight excluding hydrogens is 899 g/mol. The van der Waals surface area contributed by atoms with Crippen molar-refractivity contribution in [3.05, 3.63) is 110 Å². The summed E-state index contributed by atoms with van der Waals surface area (Å²) in [5.41, 5.74) is 4.35. The predicted molar refractivity (Wildman–Crippen MR) is 235 cm³/mol. The second-order valence-corrected chi connectivity index (χ2v) is 19.8. The minimum atomic E-state index is -5.75. The van der Waals surface area contributed by atoms with E-state index >= 15 is 0 Å². The summed E-state index contributed by atoms with van der Waals surface area (Å²) in [6.45, 7) is 1.54. The number of aromatic nitrogens is 2. The molecule has 0 radical (unpaired) electrons. The van der Waals surface area contributed by atoms with Gasteiger partial charge in [-0.25, -0.2) is 23.1 Å². The number of rotatable bonds is 17. The molecule has 1 aromatic heterocycles. The average Bonchev–Trinajstić information content (AvgIpc) is 3.57. The zero-order valence-electron chi connectivity index (χ0n) is 35.3. The van der Waals surface area contributed by atoms with E-state index in [0.29, 0.717) is 42.7 Å². The van der Waals surface area contributed by atoms with Crippen molar-refractivity contribution in [3.8, 4) is 22.5 Å². The monoisotopic (exact) mass is 948 g/mol. The van der Waals surface area contributed by atoms with E-state index in [1.54, 1.807) is 12.1 Å². The lowest BCUT2D eigenvalue weighted by atomic mass is 9.90. The maximum absolute atomic E-state index is 13.5. The first kappa shape index (κ1) is 48.6. The molecule has 2 aliphatic heterocycles. The maximum Gasteiger partial charge on any atom is 0.490 e. The van der Waals surface area contributed by atoms with Gasteiger partial charge in [-0.2, -0.15) is 8.62 Å². The van der Waals surface area contributed by atoms with E-state index in [1.807, 2.05) is 93.1 Å². The average molecular weight is 949 g/mol. The number of phosphoric ester groups is 1. The van der Waals surface area contributed by atoms with Crippen molar-refractivity contribution < 1.29 is 65.5 Å². The van der Waals surface area contributed by atoms with Crippen molar-refractivity contribution in [2.75, 3.05) is 46.2 Å². The largest absolute Gasteiger partial charge is 0.490 e. The van der Waals surface area contributed by atoms with Gasteiger partial charge in [-0.15, -0.1) is 0 Å². The molecule has 2 aromatic carbocycles. The van der Waals surface area contributed by atoms with E-state index in [2.05, 4.69) is 23.4 Å². The lowest BCUT2D eigenvalue weighted by Gasteiger charge is -2.19. The van der Waals surface area contributed by atoms with Crippen LogP contribution in [0.2, 0.25) is 0 Å². The van der Waals surface area contributed by atoms with Crippen LogP contribution in [0.15, 0.2) is 80.9 Å². The van der Waals surface area contributed by atoms with Gasteiger partial charge in [-0.05, 0) is 67.6 Å². The molecule has 3 heterocycles. The number of hydrogen-bond donors (Lipinski definition) is 7. The van der Waals surface area contributed by atoms with E-state index in [-0.39, 0.29) is 17.9 Å². The molecule has 3 aromatic rings. The summed E-state index contributed by atoms with van der Waals surface area (Å²) < 4.78 is 61.4. The molecule has 24 heteroatoms. The number of nitrogens with one attached hydrogen (secondary N) is 2. The first-order chi connectivity index (χ1) is 30.0. The molecule has 64 heavy (non-hydrogen) atoms. The minimum absolute atomic E-state index is 0.0412. The van der Waals surface area contributed by atoms with E-state index in [1.165, 1.54) is 6.08 Å². The second kappa shape index (κ2) is 19.7. The number of aryl methyl sites for hydroxylation is 1. The number of phosphoric acid groups is 3. The molecule has 5 atom stereocenters. The van der Waals surface area contributed by atoms with Gasteiger partial charge in [-0.3, -0.25) is 23.7 Å². The Morgan fingerprint density at radius 3 is 2.44 bits per heavy atom. The van der Waals surface area contributed by atoms with Crippen molar-refractivity contribution in [2.45, 2.75) is 51.0 Å². The van der Waals surface area contributed by atoms with Crippen molar-refractivity contribution in [1.82, 2.24) is 19.4 Å². The van der Waals surface area contributed by atoms with Crippen molar-refractivity contribution in [3.63, 3.8) is 0 Å². The lowest BCUT2D eigenvalue weighted by Crippen LogP contribution is -2.36. The molecule has 1 amide bonds. The van der Waals surface area contributed by atoms with Crippen molar-refractivity contribution >= 4 is 52.1 Å². The SMILES string of the molecule is Cc1ccc(C(=O)NCCCC/C=C/c2cn([C@@H]3O[C@H](COP(=O)(O)OP(=O)(O)OP(=O)(O)O)CC3O)c(=O)[nH]c2=O)cc1-c1c2ccc(=[N+](C)C)cc-2oc2cc(N(C)C)ccc12. The molecule has 1 aliphatic carbocycles. The summed E-state index contributed by atoms with van der Waals surface area (Å²) in [5, 5.41) is 15.5. The zero-order chi connectivity index (χ0) is 46.7. The fraction of sp³-hybridized carbons (Fsp3) is 0.350. The molecule has 21 nitrogen and oxygen atoms in total. The number of ether oxygens (including phenoxy) is 1. The number of benzene rings is 3. The summed E-state index contributed by atoms with van der Waals surface area (Å²) in [6, 6.07) is 17.8. The van der Waals surface area contributed by atoms with Crippen LogP contribution in [0.4, 0.5) is 5.69 Å². The quantitative estimate of drug-likeness (QED) is 0.0299. The molecule has 6 rings (SSSR count). The first-order valence-electron chi connectivity index (χ1n) is 19.7. The number of carbonyl (C=O) groups is 1. The van der Waals surface area contributed by atoms with Crippen LogP contribution in [0.1, 0.15) is 53.4 Å². The Morgan fingerprint density at radius 1 is 0.984 bits per heavy atom. The maximum atomic E-state index is 13.5. The predicted octanol–water partition coefficient (Wildman–Crippen LogP) is 4.07. The number of carbonyl (C=O) groups excluding carboxylic acids is 1. The van der Waals surface area contributed by atoms with Crippen LogP contribution in [-0.4, -0.2) is 93.7 Å². The van der Waals surface area contributed by atoms with Crippen LogP contribution in [0.3, 0.4) is 0 Å². The molecule has 0 bridgehead atoms. The number of aliphatic hydroxyl groups is 1. The van der Waals surface area contributed by atoms with Gasteiger partial charge in [-0.1, -0.05) is 18.2 Å². The van der Waals surface area contributed by atoms with Gasteiger partial charge >= 0.3 is 29.2 Å². The summed E-state index contributed by atoms with van der Waals surface area (Å²) in [6.07, 6.45) is 1.82. The summed E-state index contributed by atoms with van der Waals surface area (Å²) in [4.78, 5) is 79.3. The third-order valence-electron chi connectivity index (χ3n) is 10.1. The normalized spacial score (nSPS) is 18.6. The molecule has 0 saturated carbocycles. The second-order valence-electron chi connectivity index (χ2n) is 15.4. The molecule has 3 unspecified atom stereocenters. The highest BCUT2D eigenvalue weighted by Gasteiger charge is 2.43. The highest BCUT2D eigenvalue weighted by molar-refractivity contribution is 7.66. The van der Waals surface area contributed by atoms with Gasteiger partial charge in [0.15, 0.2) is 6.23 Å². The van der Waals surface area contributed by atoms with Crippen molar-refractivity contribution in [2.24, 2.45) is 0 Å². The van der Waals surface area contributed by atoms with E-state index in [0.717, 1.165) is 49.4 Å². The van der Waals surface area contributed by atoms with Gasteiger partial charge in [0.05, 0.1) is 24.3 Å². The lowest BCUT2D eigenvalue weighted by molar-refractivity contribution is -0.0524.